The zero-order valence-electron chi connectivity index (χ0n) is 38.5. The standard InChI is InChI=1S/C52H97NO5/c1-3-5-7-9-11-13-15-21-26-30-34-38-42-46-52(57)58-47-43-39-35-31-27-23-20-18-16-17-19-22-25-29-33-37-41-45-51(56)53-49(48-54)50(55)44-40-36-32-28-24-14-12-10-8-6-4-2/h13,15-16,18,23,27,49-50,54-55H,3-12,14,17,19-22,24-26,28-48H2,1-2H3,(H,53,56)/b15-13-,18-16-,27-23-. The first kappa shape index (κ1) is 56.1. The molecule has 6 nitrogen and oxygen atoms in total. The molecule has 2 atom stereocenters. The van der Waals surface area contributed by atoms with E-state index in [-0.39, 0.29) is 18.5 Å². The van der Waals surface area contributed by atoms with Gasteiger partial charge >= 0.3 is 5.97 Å². The number of hydrogen-bond donors (Lipinski definition) is 3. The van der Waals surface area contributed by atoms with Gasteiger partial charge in [-0.25, -0.2) is 0 Å². The van der Waals surface area contributed by atoms with Crippen molar-refractivity contribution in [1.82, 2.24) is 5.32 Å². The van der Waals surface area contributed by atoms with Crippen molar-refractivity contribution in [1.29, 1.82) is 0 Å². The fraction of sp³-hybridized carbons (Fsp3) is 0.846. The molecule has 0 aliphatic rings. The van der Waals surface area contributed by atoms with Crippen LogP contribution in [0.5, 0.6) is 0 Å². The van der Waals surface area contributed by atoms with Crippen molar-refractivity contribution in [3.63, 3.8) is 0 Å². The second-order valence-corrected chi connectivity index (χ2v) is 17.1. The molecule has 6 heteroatoms. The van der Waals surface area contributed by atoms with Crippen molar-refractivity contribution in [3.8, 4) is 0 Å². The predicted molar refractivity (Wildman–Crippen MR) is 250 cm³/mol. The summed E-state index contributed by atoms with van der Waals surface area (Å²) in [6.45, 7) is 4.87. The van der Waals surface area contributed by atoms with Gasteiger partial charge in [0.2, 0.25) is 5.91 Å². The maximum absolute atomic E-state index is 12.4. The van der Waals surface area contributed by atoms with Gasteiger partial charge in [-0.15, -0.1) is 0 Å². The Labute approximate surface area is 360 Å². The number of carbonyl (C=O) groups is 2. The van der Waals surface area contributed by atoms with Gasteiger partial charge in [0.05, 0.1) is 25.4 Å². The number of nitrogens with one attached hydrogen (secondary N) is 1. The molecule has 0 aromatic heterocycles. The Kier molecular flexibility index (Phi) is 46.2. The minimum atomic E-state index is -0.673. The lowest BCUT2D eigenvalue weighted by Crippen LogP contribution is -2.45. The summed E-state index contributed by atoms with van der Waals surface area (Å²) < 4.78 is 5.43. The molecule has 0 saturated heterocycles. The first-order valence-corrected chi connectivity index (χ1v) is 25.2. The Morgan fingerprint density at radius 2 is 0.862 bits per heavy atom. The molecule has 0 bridgehead atoms. The summed E-state index contributed by atoms with van der Waals surface area (Å²) in [5.41, 5.74) is 0. The molecule has 0 fully saturated rings. The van der Waals surface area contributed by atoms with Gasteiger partial charge in [-0.3, -0.25) is 9.59 Å². The Hall–Kier alpha value is -1.92. The Morgan fingerprint density at radius 3 is 1.34 bits per heavy atom. The van der Waals surface area contributed by atoms with Gasteiger partial charge in [0, 0.05) is 12.8 Å². The average Bonchev–Trinajstić information content (AvgIpc) is 3.22. The highest BCUT2D eigenvalue weighted by molar-refractivity contribution is 5.76. The largest absolute Gasteiger partial charge is 0.466 e. The van der Waals surface area contributed by atoms with Gasteiger partial charge in [-0.1, -0.05) is 192 Å². The van der Waals surface area contributed by atoms with E-state index < -0.39 is 12.1 Å². The highest BCUT2D eigenvalue weighted by atomic mass is 16.5. The lowest BCUT2D eigenvalue weighted by molar-refractivity contribution is -0.143. The smallest absolute Gasteiger partial charge is 0.305 e. The Morgan fingerprint density at radius 1 is 0.483 bits per heavy atom. The van der Waals surface area contributed by atoms with Crippen LogP contribution in [-0.2, 0) is 14.3 Å². The summed E-state index contributed by atoms with van der Waals surface area (Å²) in [6, 6.07) is -0.552. The molecule has 0 aliphatic heterocycles. The van der Waals surface area contributed by atoms with Crippen LogP contribution in [0.4, 0.5) is 0 Å². The summed E-state index contributed by atoms with van der Waals surface area (Å²) in [4.78, 5) is 24.4. The molecule has 0 aromatic carbocycles. The number of carbonyl (C=O) groups excluding carboxylic acids is 2. The molecule has 0 saturated carbocycles. The highest BCUT2D eigenvalue weighted by Crippen LogP contribution is 2.15. The molecule has 58 heavy (non-hydrogen) atoms. The SMILES string of the molecule is CCCCCC/C=C\CCCCCCCC(=O)OCCCCC/C=C\C/C=C\CCCCCCCCCC(=O)NC(CO)C(O)CCCCCCCCCCCCC. The minimum absolute atomic E-state index is 0.0255. The molecule has 3 N–H and O–H groups in total. The number of aliphatic hydroxyl groups is 2. The van der Waals surface area contributed by atoms with Crippen LogP contribution < -0.4 is 5.32 Å². The van der Waals surface area contributed by atoms with Crippen LogP contribution in [-0.4, -0.2) is 47.4 Å². The first-order chi connectivity index (χ1) is 28.5. The number of amides is 1. The van der Waals surface area contributed by atoms with Gasteiger partial charge in [-0.2, -0.15) is 0 Å². The van der Waals surface area contributed by atoms with Crippen LogP contribution >= 0.6 is 0 Å². The molecule has 1 amide bonds. The number of hydrogen-bond acceptors (Lipinski definition) is 5. The predicted octanol–water partition coefficient (Wildman–Crippen LogP) is 14.9. The fourth-order valence-electron chi connectivity index (χ4n) is 7.49. The first-order valence-electron chi connectivity index (χ1n) is 25.2. The molecular weight excluding hydrogens is 719 g/mol. The molecule has 2 unspecified atom stereocenters. The van der Waals surface area contributed by atoms with Crippen LogP contribution in [0.1, 0.15) is 258 Å². The Balaban J connectivity index is 3.51. The summed E-state index contributed by atoms with van der Waals surface area (Å²) >= 11 is 0. The van der Waals surface area contributed by atoms with Gasteiger partial charge in [-0.05, 0) is 89.9 Å². The Bertz CT molecular complexity index is 946. The van der Waals surface area contributed by atoms with E-state index in [2.05, 4.69) is 55.6 Å². The second-order valence-electron chi connectivity index (χ2n) is 17.1. The summed E-state index contributed by atoms with van der Waals surface area (Å²) in [5.74, 6) is -0.0790. The zero-order valence-corrected chi connectivity index (χ0v) is 38.5. The van der Waals surface area contributed by atoms with E-state index in [1.807, 2.05) is 0 Å². The lowest BCUT2D eigenvalue weighted by Gasteiger charge is -2.22. The van der Waals surface area contributed by atoms with E-state index in [1.165, 1.54) is 141 Å². The van der Waals surface area contributed by atoms with Crippen LogP contribution in [0, 0.1) is 0 Å². The number of aliphatic hydroxyl groups excluding tert-OH is 2. The number of esters is 1. The summed E-state index contributed by atoms with van der Waals surface area (Å²) in [6.07, 6.45) is 56.8. The van der Waals surface area contributed by atoms with Gasteiger partial charge in [0.1, 0.15) is 0 Å². The van der Waals surface area contributed by atoms with Crippen LogP contribution in [0.25, 0.3) is 0 Å². The number of rotatable bonds is 46. The molecule has 0 spiro atoms. The summed E-state index contributed by atoms with van der Waals surface area (Å²) in [5, 5.41) is 23.1. The zero-order chi connectivity index (χ0) is 42.3. The van der Waals surface area contributed by atoms with E-state index in [0.29, 0.717) is 25.9 Å². The molecule has 0 aliphatic carbocycles. The van der Waals surface area contributed by atoms with E-state index in [0.717, 1.165) is 83.5 Å². The van der Waals surface area contributed by atoms with Crippen molar-refractivity contribution in [3.05, 3.63) is 36.5 Å². The van der Waals surface area contributed by atoms with E-state index in [4.69, 9.17) is 4.74 Å². The number of ether oxygens (including phenoxy) is 1. The van der Waals surface area contributed by atoms with E-state index in [9.17, 15) is 19.8 Å². The molecule has 0 radical (unpaired) electrons. The third-order valence-corrected chi connectivity index (χ3v) is 11.4. The minimum Gasteiger partial charge on any atom is -0.466 e. The van der Waals surface area contributed by atoms with Crippen molar-refractivity contribution in [2.24, 2.45) is 0 Å². The molecular formula is C52H97NO5. The molecule has 0 rings (SSSR count). The van der Waals surface area contributed by atoms with Crippen LogP contribution in [0.3, 0.4) is 0 Å². The third-order valence-electron chi connectivity index (χ3n) is 11.4. The molecule has 0 heterocycles. The monoisotopic (exact) mass is 816 g/mol. The fourth-order valence-corrected chi connectivity index (χ4v) is 7.49. The van der Waals surface area contributed by atoms with Crippen molar-refractivity contribution >= 4 is 11.9 Å². The number of unbranched alkanes of at least 4 members (excludes halogenated alkanes) is 29. The normalized spacial score (nSPS) is 13.0. The van der Waals surface area contributed by atoms with Crippen molar-refractivity contribution in [2.75, 3.05) is 13.2 Å². The summed E-state index contributed by atoms with van der Waals surface area (Å²) in [7, 11) is 0. The molecule has 0 aromatic rings. The van der Waals surface area contributed by atoms with Crippen molar-refractivity contribution in [2.45, 2.75) is 270 Å². The lowest BCUT2D eigenvalue weighted by atomic mass is 10.0. The topological polar surface area (TPSA) is 95.9 Å². The van der Waals surface area contributed by atoms with Gasteiger partial charge < -0.3 is 20.3 Å². The van der Waals surface area contributed by atoms with E-state index in [1.54, 1.807) is 0 Å². The van der Waals surface area contributed by atoms with Crippen LogP contribution in [0.15, 0.2) is 36.5 Å². The second kappa shape index (κ2) is 47.8. The van der Waals surface area contributed by atoms with Crippen LogP contribution in [0.2, 0.25) is 0 Å². The number of allylic oxidation sites excluding steroid dienone is 6. The van der Waals surface area contributed by atoms with Gasteiger partial charge in [0.25, 0.3) is 0 Å². The average molecular weight is 816 g/mol. The maximum atomic E-state index is 12.4. The molecule has 340 valence electrons. The quantitative estimate of drug-likeness (QED) is 0.0323. The van der Waals surface area contributed by atoms with Gasteiger partial charge in [0.15, 0.2) is 0 Å². The third kappa shape index (κ3) is 43.7. The highest BCUT2D eigenvalue weighted by Gasteiger charge is 2.20. The van der Waals surface area contributed by atoms with E-state index >= 15 is 0 Å². The van der Waals surface area contributed by atoms with Crippen molar-refractivity contribution < 1.29 is 24.5 Å². The maximum Gasteiger partial charge on any atom is 0.305 e.